The Hall–Kier alpha value is -2.02. The molecule has 0 spiro atoms. The van der Waals surface area contributed by atoms with E-state index in [9.17, 15) is 18.9 Å². The van der Waals surface area contributed by atoms with Gasteiger partial charge in [0, 0.05) is 29.7 Å². The first kappa shape index (κ1) is 12.4. The highest BCUT2D eigenvalue weighted by molar-refractivity contribution is 7.13. The summed E-state index contributed by atoms with van der Waals surface area (Å²) in [7, 11) is 0. The number of thiophene rings is 1. The zero-order valence-electron chi connectivity index (χ0n) is 9.02. The summed E-state index contributed by atoms with van der Waals surface area (Å²) in [6.45, 7) is 0.315. The van der Waals surface area contributed by atoms with E-state index in [-0.39, 0.29) is 5.00 Å². The highest BCUT2D eigenvalue weighted by atomic mass is 32.1. The number of anilines is 1. The van der Waals surface area contributed by atoms with Crippen LogP contribution in [0.2, 0.25) is 0 Å². The Balaban J connectivity index is 2.02. The molecule has 18 heavy (non-hydrogen) atoms. The quantitative estimate of drug-likeness (QED) is 0.682. The van der Waals surface area contributed by atoms with Crippen molar-refractivity contribution in [1.82, 2.24) is 0 Å². The molecule has 2 aromatic rings. The van der Waals surface area contributed by atoms with Gasteiger partial charge in [0.15, 0.2) is 11.6 Å². The van der Waals surface area contributed by atoms with Crippen molar-refractivity contribution in [2.45, 2.75) is 6.54 Å². The average Bonchev–Trinajstić information content (AvgIpc) is 2.79. The van der Waals surface area contributed by atoms with Gasteiger partial charge < -0.3 is 5.32 Å². The molecule has 4 nitrogen and oxygen atoms in total. The minimum Gasteiger partial charge on any atom is -0.381 e. The normalized spacial score (nSPS) is 10.3. The molecule has 0 amide bonds. The lowest BCUT2D eigenvalue weighted by Crippen LogP contribution is -1.99. The lowest BCUT2D eigenvalue weighted by molar-refractivity contribution is -0.380. The molecule has 0 atom stereocenters. The fraction of sp³-hybridized carbons (Fsp3) is 0.0909. The zero-order valence-corrected chi connectivity index (χ0v) is 9.84. The van der Waals surface area contributed by atoms with Gasteiger partial charge in [0.2, 0.25) is 0 Å². The molecule has 7 heteroatoms. The van der Waals surface area contributed by atoms with Crippen molar-refractivity contribution in [3.05, 3.63) is 57.0 Å². The van der Waals surface area contributed by atoms with E-state index in [4.69, 9.17) is 0 Å². The number of halogens is 2. The molecule has 1 aromatic heterocycles. The number of nitrogens with one attached hydrogen (secondary N) is 1. The third kappa shape index (κ3) is 2.80. The van der Waals surface area contributed by atoms with Crippen molar-refractivity contribution in [2.24, 2.45) is 0 Å². The second kappa shape index (κ2) is 5.09. The number of benzene rings is 1. The minimum atomic E-state index is -0.934. The van der Waals surface area contributed by atoms with Crippen molar-refractivity contribution < 1.29 is 13.7 Å². The van der Waals surface area contributed by atoms with Crippen LogP contribution in [0.3, 0.4) is 0 Å². The van der Waals surface area contributed by atoms with Crippen LogP contribution in [-0.2, 0) is 6.54 Å². The molecule has 0 aliphatic carbocycles. The van der Waals surface area contributed by atoms with Crippen LogP contribution in [0.25, 0.3) is 0 Å². The van der Waals surface area contributed by atoms with E-state index in [0.29, 0.717) is 12.2 Å². The van der Waals surface area contributed by atoms with Gasteiger partial charge in [-0.2, -0.15) is 0 Å². The zero-order chi connectivity index (χ0) is 13.1. The van der Waals surface area contributed by atoms with E-state index in [0.717, 1.165) is 29.0 Å². The molecular formula is C11H8F2N2O2S. The highest BCUT2D eigenvalue weighted by Gasteiger charge is 2.09. The summed E-state index contributed by atoms with van der Waals surface area (Å²) < 4.78 is 25.6. The summed E-state index contributed by atoms with van der Waals surface area (Å²) >= 11 is 1.03. The third-order valence-electron chi connectivity index (χ3n) is 2.24. The fourth-order valence-corrected chi connectivity index (χ4v) is 2.09. The van der Waals surface area contributed by atoms with Gasteiger partial charge in [0.25, 0.3) is 0 Å². The van der Waals surface area contributed by atoms with E-state index in [2.05, 4.69) is 5.32 Å². The third-order valence-corrected chi connectivity index (χ3v) is 3.17. The van der Waals surface area contributed by atoms with E-state index in [1.165, 1.54) is 12.1 Å². The molecule has 1 N–H and O–H groups in total. The van der Waals surface area contributed by atoms with Crippen molar-refractivity contribution >= 4 is 22.0 Å². The van der Waals surface area contributed by atoms with Crippen LogP contribution in [0.15, 0.2) is 29.6 Å². The molecule has 0 fully saturated rings. The Labute approximate surface area is 105 Å². The second-order valence-corrected chi connectivity index (χ2v) is 4.42. The average molecular weight is 270 g/mol. The Morgan fingerprint density at radius 1 is 1.28 bits per heavy atom. The summed E-state index contributed by atoms with van der Waals surface area (Å²) in [6.07, 6.45) is 0. The number of hydrogen-bond donors (Lipinski definition) is 1. The van der Waals surface area contributed by atoms with Gasteiger partial charge in [-0.15, -0.1) is 0 Å². The van der Waals surface area contributed by atoms with Gasteiger partial charge in [-0.05, 0) is 17.7 Å². The first-order chi connectivity index (χ1) is 8.56. The first-order valence-electron chi connectivity index (χ1n) is 4.97. The Morgan fingerprint density at radius 3 is 2.67 bits per heavy atom. The van der Waals surface area contributed by atoms with Crippen LogP contribution in [0.4, 0.5) is 19.5 Å². The van der Waals surface area contributed by atoms with Gasteiger partial charge in [-0.3, -0.25) is 10.1 Å². The van der Waals surface area contributed by atoms with E-state index < -0.39 is 16.6 Å². The van der Waals surface area contributed by atoms with Crippen molar-refractivity contribution in [2.75, 3.05) is 5.32 Å². The van der Waals surface area contributed by atoms with Crippen molar-refractivity contribution in [3.8, 4) is 0 Å². The SMILES string of the molecule is O=[N+]([O-])c1cc(CNc2ccc(F)c(F)c2)cs1. The highest BCUT2D eigenvalue weighted by Crippen LogP contribution is 2.23. The Kier molecular flexibility index (Phi) is 3.52. The van der Waals surface area contributed by atoms with Crippen LogP contribution in [0, 0.1) is 21.7 Å². The molecule has 1 aromatic carbocycles. The van der Waals surface area contributed by atoms with Gasteiger partial charge >= 0.3 is 5.00 Å². The van der Waals surface area contributed by atoms with E-state index in [1.54, 1.807) is 5.38 Å². The maximum Gasteiger partial charge on any atom is 0.324 e. The molecule has 0 unspecified atom stereocenters. The molecule has 0 bridgehead atoms. The first-order valence-corrected chi connectivity index (χ1v) is 5.85. The molecule has 2 rings (SSSR count). The van der Waals surface area contributed by atoms with E-state index >= 15 is 0 Å². The van der Waals surface area contributed by atoms with Gasteiger partial charge in [-0.1, -0.05) is 11.3 Å². The molecule has 0 saturated carbocycles. The van der Waals surface area contributed by atoms with Crippen LogP contribution in [0.5, 0.6) is 0 Å². The molecule has 94 valence electrons. The standard InChI is InChI=1S/C11H8F2N2O2S/c12-9-2-1-8(4-10(9)13)14-5-7-3-11(15(16)17)18-6-7/h1-4,6,14H,5H2. The lowest BCUT2D eigenvalue weighted by Gasteiger charge is -2.04. The summed E-state index contributed by atoms with van der Waals surface area (Å²) in [5.41, 5.74) is 1.14. The maximum atomic E-state index is 12.9. The Bertz CT molecular complexity index is 586. The number of nitro groups is 1. The van der Waals surface area contributed by atoms with E-state index in [1.807, 2.05) is 0 Å². The van der Waals surface area contributed by atoms with Crippen LogP contribution >= 0.6 is 11.3 Å². The fourth-order valence-electron chi connectivity index (χ4n) is 1.36. The number of nitrogens with zero attached hydrogens (tertiary/aromatic N) is 1. The molecule has 0 aliphatic rings. The number of hydrogen-bond acceptors (Lipinski definition) is 4. The second-order valence-electron chi connectivity index (χ2n) is 3.53. The van der Waals surface area contributed by atoms with Gasteiger partial charge in [0.1, 0.15) is 0 Å². The summed E-state index contributed by atoms with van der Waals surface area (Å²) in [5, 5.41) is 15.0. The van der Waals surface area contributed by atoms with Crippen LogP contribution < -0.4 is 5.32 Å². The smallest absolute Gasteiger partial charge is 0.324 e. The molecule has 1 heterocycles. The lowest BCUT2D eigenvalue weighted by atomic mass is 10.2. The molecule has 0 aliphatic heterocycles. The topological polar surface area (TPSA) is 55.2 Å². The predicted molar refractivity (Wildman–Crippen MR) is 64.7 cm³/mol. The van der Waals surface area contributed by atoms with Gasteiger partial charge in [-0.25, -0.2) is 8.78 Å². The summed E-state index contributed by atoms with van der Waals surface area (Å²) in [6, 6.07) is 4.90. The monoisotopic (exact) mass is 270 g/mol. The van der Waals surface area contributed by atoms with Gasteiger partial charge in [0.05, 0.1) is 4.92 Å². The molecule has 0 saturated heterocycles. The van der Waals surface area contributed by atoms with Crippen molar-refractivity contribution in [3.63, 3.8) is 0 Å². The summed E-state index contributed by atoms with van der Waals surface area (Å²) in [5.74, 6) is -1.84. The van der Waals surface area contributed by atoms with Crippen LogP contribution in [0.1, 0.15) is 5.56 Å². The predicted octanol–water partition coefficient (Wildman–Crippen LogP) is 3.55. The number of rotatable bonds is 4. The molecule has 0 radical (unpaired) electrons. The largest absolute Gasteiger partial charge is 0.381 e. The maximum absolute atomic E-state index is 12.9. The van der Waals surface area contributed by atoms with Crippen molar-refractivity contribution in [1.29, 1.82) is 0 Å². The summed E-state index contributed by atoms with van der Waals surface area (Å²) in [4.78, 5) is 10.0. The Morgan fingerprint density at radius 2 is 2.06 bits per heavy atom. The minimum absolute atomic E-state index is 0.0529. The van der Waals surface area contributed by atoms with Crippen LogP contribution in [-0.4, -0.2) is 4.92 Å². The molecular weight excluding hydrogens is 262 g/mol.